The van der Waals surface area contributed by atoms with Crippen LogP contribution in [0.4, 0.5) is 22.7 Å². The van der Waals surface area contributed by atoms with Crippen LogP contribution in [-0.4, -0.2) is 4.57 Å². The second kappa shape index (κ2) is 9.89. The molecule has 43 heavy (non-hydrogen) atoms. The van der Waals surface area contributed by atoms with Crippen molar-refractivity contribution in [2.24, 2.45) is 0 Å². The molecule has 0 amide bonds. The lowest BCUT2D eigenvalue weighted by Crippen LogP contribution is -2.14. The average molecular weight is 567 g/mol. The molecule has 5 heteroatoms. The molecule has 6 aromatic carbocycles. The molecule has 0 fully saturated rings. The number of para-hydroxylation sites is 3. The number of aromatic nitrogens is 1. The summed E-state index contributed by atoms with van der Waals surface area (Å²) in [6, 6.07) is 47.6. The van der Waals surface area contributed by atoms with Gasteiger partial charge in [-0.15, -0.1) is 11.3 Å². The Hall–Kier alpha value is -5.88. The number of fused-ring (bicyclic) bond motifs is 6. The van der Waals surface area contributed by atoms with Gasteiger partial charge in [0.2, 0.25) is 5.69 Å². The first-order valence-electron chi connectivity index (χ1n) is 14.0. The van der Waals surface area contributed by atoms with Gasteiger partial charge in [0.05, 0.1) is 34.5 Å². The fraction of sp³-hybridized carbons (Fsp3) is 0. The Balaban J connectivity index is 1.51. The topological polar surface area (TPSA) is 36.3 Å². The standard InChI is InChI=1S/C38H22N4S/c1-40-32-22-19-25(24-39)37(42-33-16-8-5-13-28(33)29-14-6-9-17-34(29)42)38(32)41(26-11-3-2-4-12-26)27-20-21-31-30-15-7-10-18-35(30)43-36(31)23-27/h2-23H. The molecular formula is C38H22N4S. The zero-order chi connectivity index (χ0) is 28.9. The van der Waals surface area contributed by atoms with Crippen molar-refractivity contribution in [2.45, 2.75) is 0 Å². The summed E-state index contributed by atoms with van der Waals surface area (Å²) >= 11 is 1.76. The number of nitriles is 1. The third kappa shape index (κ3) is 3.81. The molecule has 0 aliphatic rings. The van der Waals surface area contributed by atoms with Crippen molar-refractivity contribution in [3.63, 3.8) is 0 Å². The quantitative estimate of drug-likeness (QED) is 0.199. The molecule has 0 saturated heterocycles. The van der Waals surface area contributed by atoms with Crippen LogP contribution in [0, 0.1) is 17.9 Å². The minimum atomic E-state index is 0.469. The van der Waals surface area contributed by atoms with Crippen LogP contribution >= 0.6 is 11.3 Å². The maximum absolute atomic E-state index is 10.5. The van der Waals surface area contributed by atoms with Crippen LogP contribution in [0.3, 0.4) is 0 Å². The van der Waals surface area contributed by atoms with Crippen LogP contribution in [0.1, 0.15) is 5.56 Å². The first-order chi connectivity index (χ1) is 21.3. The Morgan fingerprint density at radius 3 is 1.95 bits per heavy atom. The maximum atomic E-state index is 10.5. The van der Waals surface area contributed by atoms with Gasteiger partial charge in [-0.1, -0.05) is 91.0 Å². The van der Waals surface area contributed by atoms with E-state index in [-0.39, 0.29) is 0 Å². The molecule has 0 aliphatic carbocycles. The molecule has 2 heterocycles. The van der Waals surface area contributed by atoms with Crippen molar-refractivity contribution in [3.05, 3.63) is 150 Å². The molecular weight excluding hydrogens is 545 g/mol. The maximum Gasteiger partial charge on any atom is 0.212 e. The molecule has 8 rings (SSSR count). The molecule has 0 unspecified atom stereocenters. The number of hydrogen-bond donors (Lipinski definition) is 0. The summed E-state index contributed by atoms with van der Waals surface area (Å²) in [4.78, 5) is 6.17. The summed E-state index contributed by atoms with van der Waals surface area (Å²) < 4.78 is 4.56. The van der Waals surface area contributed by atoms with E-state index in [4.69, 9.17) is 6.57 Å². The van der Waals surface area contributed by atoms with E-state index in [0.29, 0.717) is 22.6 Å². The van der Waals surface area contributed by atoms with Crippen LogP contribution in [0.5, 0.6) is 0 Å². The summed E-state index contributed by atoms with van der Waals surface area (Å²) in [7, 11) is 0. The van der Waals surface area contributed by atoms with E-state index >= 15 is 0 Å². The molecule has 0 radical (unpaired) electrons. The number of hydrogen-bond acceptors (Lipinski definition) is 3. The van der Waals surface area contributed by atoms with Gasteiger partial charge < -0.3 is 9.47 Å². The molecule has 0 saturated carbocycles. The average Bonchev–Trinajstić information content (AvgIpc) is 3.60. The Morgan fingerprint density at radius 2 is 1.26 bits per heavy atom. The van der Waals surface area contributed by atoms with Gasteiger partial charge in [0.15, 0.2) is 0 Å². The van der Waals surface area contributed by atoms with Gasteiger partial charge in [-0.05, 0) is 42.5 Å². The van der Waals surface area contributed by atoms with Gasteiger partial charge in [-0.25, -0.2) is 4.85 Å². The van der Waals surface area contributed by atoms with Gasteiger partial charge in [0, 0.05) is 42.3 Å². The van der Waals surface area contributed by atoms with Crippen LogP contribution in [-0.2, 0) is 0 Å². The molecule has 0 atom stereocenters. The summed E-state index contributed by atoms with van der Waals surface area (Å²) in [5.74, 6) is 0. The molecule has 0 aliphatic heterocycles. The highest BCUT2D eigenvalue weighted by atomic mass is 32.1. The Kier molecular flexibility index (Phi) is 5.72. The zero-order valence-corrected chi connectivity index (χ0v) is 23.7. The van der Waals surface area contributed by atoms with E-state index in [1.807, 2.05) is 42.5 Å². The predicted molar refractivity (Wildman–Crippen MR) is 179 cm³/mol. The normalized spacial score (nSPS) is 11.2. The van der Waals surface area contributed by atoms with Gasteiger partial charge in [-0.3, -0.25) is 0 Å². The summed E-state index contributed by atoms with van der Waals surface area (Å²) in [6.07, 6.45) is 0. The van der Waals surface area contributed by atoms with Crippen LogP contribution in [0.15, 0.2) is 133 Å². The number of anilines is 3. The summed E-state index contributed by atoms with van der Waals surface area (Å²) in [6.45, 7) is 8.29. The monoisotopic (exact) mass is 566 g/mol. The first-order valence-corrected chi connectivity index (χ1v) is 14.8. The third-order valence-electron chi connectivity index (χ3n) is 8.03. The van der Waals surface area contributed by atoms with Gasteiger partial charge in [-0.2, -0.15) is 5.26 Å². The Labute approximate surface area is 252 Å². The molecule has 0 bridgehead atoms. The Bertz CT molecular complexity index is 2380. The molecule has 0 N–H and O–H groups in total. The fourth-order valence-electron chi connectivity index (χ4n) is 6.20. The lowest BCUT2D eigenvalue weighted by atomic mass is 10.1. The van der Waals surface area contributed by atoms with Crippen molar-refractivity contribution >= 4 is 76.1 Å². The van der Waals surface area contributed by atoms with E-state index in [2.05, 4.69) is 99.2 Å². The van der Waals surface area contributed by atoms with Crippen LogP contribution in [0.2, 0.25) is 0 Å². The van der Waals surface area contributed by atoms with Crippen LogP contribution in [0.25, 0.3) is 52.5 Å². The molecule has 0 spiro atoms. The van der Waals surface area contributed by atoms with Crippen molar-refractivity contribution < 1.29 is 0 Å². The highest BCUT2D eigenvalue weighted by molar-refractivity contribution is 7.25. The fourth-order valence-corrected chi connectivity index (χ4v) is 7.34. The van der Waals surface area contributed by atoms with E-state index in [1.54, 1.807) is 23.5 Å². The minimum absolute atomic E-state index is 0.469. The van der Waals surface area contributed by atoms with E-state index in [9.17, 15) is 5.26 Å². The molecule has 4 nitrogen and oxygen atoms in total. The third-order valence-corrected chi connectivity index (χ3v) is 9.17. The van der Waals surface area contributed by atoms with Gasteiger partial charge in [0.25, 0.3) is 0 Å². The largest absolute Gasteiger partial charge is 0.318 e. The number of nitrogens with zero attached hydrogens (tertiary/aromatic N) is 4. The predicted octanol–water partition coefficient (Wildman–Crippen LogP) is 11.0. The lowest BCUT2D eigenvalue weighted by molar-refractivity contribution is 1.14. The highest BCUT2D eigenvalue weighted by Crippen LogP contribution is 2.48. The second-order valence-corrected chi connectivity index (χ2v) is 11.5. The van der Waals surface area contributed by atoms with Gasteiger partial charge in [0.1, 0.15) is 6.07 Å². The number of benzene rings is 6. The summed E-state index contributed by atoms with van der Waals surface area (Å²) in [5.41, 5.74) is 6.13. The highest BCUT2D eigenvalue weighted by Gasteiger charge is 2.26. The number of rotatable bonds is 4. The van der Waals surface area contributed by atoms with Crippen molar-refractivity contribution in [2.75, 3.05) is 4.90 Å². The molecule has 200 valence electrons. The lowest BCUT2D eigenvalue weighted by Gasteiger charge is -2.30. The van der Waals surface area contributed by atoms with Crippen LogP contribution < -0.4 is 4.90 Å². The zero-order valence-electron chi connectivity index (χ0n) is 22.9. The van der Waals surface area contributed by atoms with E-state index in [1.165, 1.54) is 20.2 Å². The van der Waals surface area contributed by atoms with Crippen molar-refractivity contribution in [1.82, 2.24) is 4.57 Å². The molecule has 8 aromatic rings. The first kappa shape index (κ1) is 24.9. The van der Waals surface area contributed by atoms with Crippen molar-refractivity contribution in [3.8, 4) is 11.8 Å². The Morgan fingerprint density at radius 1 is 0.628 bits per heavy atom. The molecule has 2 aromatic heterocycles. The van der Waals surface area contributed by atoms with E-state index in [0.717, 1.165) is 33.2 Å². The second-order valence-electron chi connectivity index (χ2n) is 10.4. The smallest absolute Gasteiger partial charge is 0.212 e. The summed E-state index contributed by atoms with van der Waals surface area (Å²) in [5, 5.41) is 15.2. The SMILES string of the molecule is [C-]#[N+]c1ccc(C#N)c(-n2c3ccccc3c3ccccc32)c1N(c1ccccc1)c1ccc2c(c1)sc1ccccc12. The van der Waals surface area contributed by atoms with E-state index < -0.39 is 0 Å². The van der Waals surface area contributed by atoms with Crippen molar-refractivity contribution in [1.29, 1.82) is 5.26 Å². The number of thiophene rings is 1. The van der Waals surface area contributed by atoms with Gasteiger partial charge >= 0.3 is 0 Å². The minimum Gasteiger partial charge on any atom is -0.318 e.